The molecule has 0 spiro atoms. The second kappa shape index (κ2) is 6.65. The summed E-state index contributed by atoms with van der Waals surface area (Å²) in [6, 6.07) is 10.4. The molecule has 0 unspecified atom stereocenters. The van der Waals surface area contributed by atoms with Crippen LogP contribution in [-0.2, 0) is 21.4 Å². The Labute approximate surface area is 129 Å². The molecule has 1 heterocycles. The van der Waals surface area contributed by atoms with Gasteiger partial charge in [-0.25, -0.2) is 8.42 Å². The van der Waals surface area contributed by atoms with Gasteiger partial charge in [0.1, 0.15) is 12.3 Å². The van der Waals surface area contributed by atoms with E-state index >= 15 is 0 Å². The summed E-state index contributed by atoms with van der Waals surface area (Å²) in [5.74, 6) is 0.206. The molecule has 0 saturated carbocycles. The fraction of sp³-hybridized carbons (Fsp3) is 0.267. The second-order valence-electron chi connectivity index (χ2n) is 4.96. The third kappa shape index (κ3) is 4.36. The summed E-state index contributed by atoms with van der Waals surface area (Å²) < 4.78 is 30.0. The summed E-state index contributed by atoms with van der Waals surface area (Å²) in [4.78, 5) is 12.0. The summed E-state index contributed by atoms with van der Waals surface area (Å²) in [7, 11) is -3.55. The Morgan fingerprint density at radius 3 is 2.45 bits per heavy atom. The zero-order chi connectivity index (χ0) is 16.2. The van der Waals surface area contributed by atoms with Crippen LogP contribution in [-0.4, -0.2) is 27.1 Å². The van der Waals surface area contributed by atoms with Gasteiger partial charge in [0.2, 0.25) is 15.9 Å². The monoisotopic (exact) mass is 322 g/mol. The quantitative estimate of drug-likeness (QED) is 0.877. The lowest BCUT2D eigenvalue weighted by Crippen LogP contribution is -2.40. The van der Waals surface area contributed by atoms with Gasteiger partial charge in [0.05, 0.1) is 24.8 Å². The van der Waals surface area contributed by atoms with E-state index in [0.29, 0.717) is 11.4 Å². The van der Waals surface area contributed by atoms with E-state index in [1.54, 1.807) is 36.4 Å². The highest BCUT2D eigenvalue weighted by atomic mass is 32.2. The summed E-state index contributed by atoms with van der Waals surface area (Å²) in [5, 5.41) is 2.63. The average Bonchev–Trinajstić information content (AvgIpc) is 2.96. The SMILES string of the molecule is Cc1ccc(N(CC(=O)NCc2ccco2)S(C)(=O)=O)cc1. The van der Waals surface area contributed by atoms with Crippen molar-refractivity contribution in [1.82, 2.24) is 5.32 Å². The van der Waals surface area contributed by atoms with Crippen molar-refractivity contribution in [1.29, 1.82) is 0 Å². The Kier molecular flexibility index (Phi) is 4.87. The molecule has 118 valence electrons. The minimum Gasteiger partial charge on any atom is -0.467 e. The molecular weight excluding hydrogens is 304 g/mol. The molecule has 2 aromatic rings. The summed E-state index contributed by atoms with van der Waals surface area (Å²) >= 11 is 0. The predicted octanol–water partition coefficient (Wildman–Crippen LogP) is 1.67. The lowest BCUT2D eigenvalue weighted by Gasteiger charge is -2.21. The van der Waals surface area contributed by atoms with Crippen molar-refractivity contribution in [2.45, 2.75) is 13.5 Å². The molecule has 0 radical (unpaired) electrons. The van der Waals surface area contributed by atoms with Crippen LogP contribution in [0.2, 0.25) is 0 Å². The number of carbonyl (C=O) groups excluding carboxylic acids is 1. The zero-order valence-electron chi connectivity index (χ0n) is 12.4. The highest BCUT2D eigenvalue weighted by molar-refractivity contribution is 7.92. The maximum atomic E-state index is 12.0. The number of furan rings is 1. The molecule has 0 aliphatic rings. The van der Waals surface area contributed by atoms with Crippen LogP contribution < -0.4 is 9.62 Å². The lowest BCUT2D eigenvalue weighted by molar-refractivity contribution is -0.119. The molecule has 1 N–H and O–H groups in total. The molecule has 6 nitrogen and oxygen atoms in total. The first-order chi connectivity index (χ1) is 10.4. The highest BCUT2D eigenvalue weighted by Crippen LogP contribution is 2.17. The minimum atomic E-state index is -3.55. The summed E-state index contributed by atoms with van der Waals surface area (Å²) in [6.07, 6.45) is 2.59. The Morgan fingerprint density at radius 1 is 1.23 bits per heavy atom. The Bertz CT molecular complexity index is 721. The van der Waals surface area contributed by atoms with Gasteiger partial charge in [-0.15, -0.1) is 0 Å². The molecule has 0 atom stereocenters. The van der Waals surface area contributed by atoms with E-state index < -0.39 is 15.9 Å². The summed E-state index contributed by atoms with van der Waals surface area (Å²) in [6.45, 7) is 1.85. The van der Waals surface area contributed by atoms with Crippen molar-refractivity contribution < 1.29 is 17.6 Å². The fourth-order valence-corrected chi connectivity index (χ4v) is 2.75. The van der Waals surface area contributed by atoms with Gasteiger partial charge in [-0.05, 0) is 31.2 Å². The molecule has 0 aliphatic carbocycles. The van der Waals surface area contributed by atoms with Crippen LogP contribution >= 0.6 is 0 Å². The molecule has 0 fully saturated rings. The smallest absolute Gasteiger partial charge is 0.241 e. The van der Waals surface area contributed by atoms with E-state index in [0.717, 1.165) is 16.1 Å². The van der Waals surface area contributed by atoms with Crippen molar-refractivity contribution in [2.75, 3.05) is 17.1 Å². The van der Waals surface area contributed by atoms with E-state index in [-0.39, 0.29) is 13.1 Å². The number of benzene rings is 1. The minimum absolute atomic E-state index is 0.220. The van der Waals surface area contributed by atoms with Crippen molar-refractivity contribution in [2.24, 2.45) is 0 Å². The van der Waals surface area contributed by atoms with E-state index in [1.807, 2.05) is 6.92 Å². The van der Waals surface area contributed by atoms with Gasteiger partial charge in [-0.1, -0.05) is 17.7 Å². The van der Waals surface area contributed by atoms with Gasteiger partial charge in [0.15, 0.2) is 0 Å². The molecule has 0 bridgehead atoms. The topological polar surface area (TPSA) is 79.6 Å². The fourth-order valence-electron chi connectivity index (χ4n) is 1.90. The zero-order valence-corrected chi connectivity index (χ0v) is 13.3. The van der Waals surface area contributed by atoms with Gasteiger partial charge >= 0.3 is 0 Å². The number of sulfonamides is 1. The van der Waals surface area contributed by atoms with Crippen LogP contribution in [0.1, 0.15) is 11.3 Å². The lowest BCUT2D eigenvalue weighted by atomic mass is 10.2. The first-order valence-electron chi connectivity index (χ1n) is 6.70. The highest BCUT2D eigenvalue weighted by Gasteiger charge is 2.20. The molecule has 22 heavy (non-hydrogen) atoms. The average molecular weight is 322 g/mol. The number of hydrogen-bond acceptors (Lipinski definition) is 4. The molecule has 2 rings (SSSR count). The first kappa shape index (κ1) is 16.1. The standard InChI is InChI=1S/C15H18N2O4S/c1-12-5-7-13(8-6-12)17(22(2,19)20)11-15(18)16-10-14-4-3-9-21-14/h3-9H,10-11H2,1-2H3,(H,16,18). The molecule has 1 aromatic carbocycles. The van der Waals surface area contributed by atoms with Gasteiger partial charge < -0.3 is 9.73 Å². The van der Waals surface area contributed by atoms with Crippen LogP contribution in [0.5, 0.6) is 0 Å². The molecule has 0 aliphatic heterocycles. The van der Waals surface area contributed by atoms with Crippen molar-refractivity contribution in [3.05, 3.63) is 54.0 Å². The molecule has 1 amide bonds. The first-order valence-corrected chi connectivity index (χ1v) is 8.54. The maximum Gasteiger partial charge on any atom is 0.241 e. The number of aryl methyl sites for hydroxylation is 1. The summed E-state index contributed by atoms with van der Waals surface area (Å²) in [5.41, 5.74) is 1.47. The van der Waals surface area contributed by atoms with Gasteiger partial charge in [0.25, 0.3) is 0 Å². The normalized spacial score (nSPS) is 11.2. The number of carbonyl (C=O) groups is 1. The van der Waals surface area contributed by atoms with E-state index in [4.69, 9.17) is 4.42 Å². The number of nitrogens with one attached hydrogen (secondary N) is 1. The number of amides is 1. The van der Waals surface area contributed by atoms with Crippen LogP contribution in [0.3, 0.4) is 0 Å². The molecular formula is C15H18N2O4S. The Morgan fingerprint density at radius 2 is 1.91 bits per heavy atom. The molecule has 0 saturated heterocycles. The van der Waals surface area contributed by atoms with Crippen LogP contribution in [0.15, 0.2) is 47.1 Å². The maximum absolute atomic E-state index is 12.0. The second-order valence-corrected chi connectivity index (χ2v) is 6.87. The third-order valence-corrected chi connectivity index (χ3v) is 4.19. The number of anilines is 1. The Balaban J connectivity index is 2.07. The van der Waals surface area contributed by atoms with Crippen LogP contribution in [0.4, 0.5) is 5.69 Å². The van der Waals surface area contributed by atoms with Gasteiger partial charge in [-0.2, -0.15) is 0 Å². The van der Waals surface area contributed by atoms with Gasteiger partial charge in [-0.3, -0.25) is 9.10 Å². The Hall–Kier alpha value is -2.28. The van der Waals surface area contributed by atoms with Crippen LogP contribution in [0, 0.1) is 6.92 Å². The molecule has 1 aromatic heterocycles. The number of hydrogen-bond donors (Lipinski definition) is 1. The predicted molar refractivity (Wildman–Crippen MR) is 83.9 cm³/mol. The van der Waals surface area contributed by atoms with E-state index in [2.05, 4.69) is 5.32 Å². The van der Waals surface area contributed by atoms with E-state index in [1.165, 1.54) is 6.26 Å². The third-order valence-electron chi connectivity index (χ3n) is 3.05. The van der Waals surface area contributed by atoms with Crippen molar-refractivity contribution in [3.8, 4) is 0 Å². The van der Waals surface area contributed by atoms with Crippen molar-refractivity contribution in [3.63, 3.8) is 0 Å². The number of nitrogens with zero attached hydrogens (tertiary/aromatic N) is 1. The molecule has 7 heteroatoms. The number of rotatable bonds is 6. The van der Waals surface area contributed by atoms with E-state index in [9.17, 15) is 13.2 Å². The largest absolute Gasteiger partial charge is 0.467 e. The van der Waals surface area contributed by atoms with Crippen molar-refractivity contribution >= 4 is 21.6 Å². The van der Waals surface area contributed by atoms with Crippen LogP contribution in [0.25, 0.3) is 0 Å². The van der Waals surface area contributed by atoms with Gasteiger partial charge in [0, 0.05) is 0 Å².